The number of aromatic nitrogens is 3. The average molecular weight is 612 g/mol. The Balaban J connectivity index is 1.40. The Kier molecular flexibility index (Phi) is 8.06. The van der Waals surface area contributed by atoms with Crippen molar-refractivity contribution < 1.29 is 14.3 Å². The fraction of sp³-hybridized carbons (Fsp3) is 0.179. The van der Waals surface area contributed by atoms with Gasteiger partial charge in [-0.1, -0.05) is 81.8 Å². The first kappa shape index (κ1) is 26.3. The van der Waals surface area contributed by atoms with Crippen LogP contribution in [0.5, 0.6) is 5.75 Å². The van der Waals surface area contributed by atoms with Gasteiger partial charge in [-0.25, -0.2) is 9.48 Å². The van der Waals surface area contributed by atoms with E-state index in [-0.39, 0.29) is 0 Å². The fourth-order valence-corrected chi connectivity index (χ4v) is 5.51. The smallest absolute Gasteiger partial charge is 0.338 e. The number of rotatable bonds is 8. The number of hydrogen-bond acceptors (Lipinski definition) is 7. The van der Waals surface area contributed by atoms with E-state index in [0.29, 0.717) is 39.8 Å². The van der Waals surface area contributed by atoms with Crippen LogP contribution in [0, 0.1) is 0 Å². The second-order valence-corrected chi connectivity index (χ2v) is 10.8. The number of esters is 1. The highest BCUT2D eigenvalue weighted by Crippen LogP contribution is 2.37. The van der Waals surface area contributed by atoms with E-state index < -0.39 is 12.0 Å². The van der Waals surface area contributed by atoms with Gasteiger partial charge in [0.25, 0.3) is 0 Å². The number of hydrogen-bond donors (Lipinski definition) is 1. The quantitative estimate of drug-likeness (QED) is 0.169. The third kappa shape index (κ3) is 5.75. The molecule has 0 saturated carbocycles. The Morgan fingerprint density at radius 2 is 1.84 bits per heavy atom. The molecule has 1 aromatic heterocycles. The molecule has 0 radical (unpaired) electrons. The minimum Gasteiger partial charge on any atom is -0.489 e. The third-order valence-corrected chi connectivity index (χ3v) is 7.85. The molecule has 7 nitrogen and oxygen atoms in total. The summed E-state index contributed by atoms with van der Waals surface area (Å²) < 4.78 is 13.8. The van der Waals surface area contributed by atoms with Crippen LogP contribution < -0.4 is 10.1 Å². The van der Waals surface area contributed by atoms with Gasteiger partial charge >= 0.3 is 5.97 Å². The van der Waals surface area contributed by atoms with Crippen LogP contribution >= 0.6 is 39.3 Å². The number of carbonyl (C=O) groups is 1. The average Bonchev–Trinajstić information content (AvgIpc) is 3.34. The summed E-state index contributed by atoms with van der Waals surface area (Å²) in [7, 11) is 1.38. The van der Waals surface area contributed by atoms with Crippen molar-refractivity contribution >= 4 is 51.2 Å². The molecule has 1 unspecified atom stereocenters. The number of nitrogens with one attached hydrogen (secondary N) is 1. The Hall–Kier alpha value is -3.27. The molecule has 2 heterocycles. The largest absolute Gasteiger partial charge is 0.489 e. The number of ether oxygens (including phenoxy) is 2. The van der Waals surface area contributed by atoms with Gasteiger partial charge in [0.15, 0.2) is 0 Å². The molecule has 0 spiro atoms. The number of methoxy groups -OCH3 is 1. The lowest BCUT2D eigenvalue weighted by molar-refractivity contribution is -0.136. The van der Waals surface area contributed by atoms with Gasteiger partial charge in [0.2, 0.25) is 11.1 Å². The number of allylic oxidation sites excluding steroid dienone is 1. The van der Waals surface area contributed by atoms with Crippen LogP contribution in [0.25, 0.3) is 0 Å². The molecule has 3 aromatic carbocycles. The van der Waals surface area contributed by atoms with E-state index in [1.165, 1.54) is 18.9 Å². The number of anilines is 1. The summed E-state index contributed by atoms with van der Waals surface area (Å²) >= 11 is 11.2. The molecule has 10 heteroatoms. The molecule has 4 aromatic rings. The molecule has 5 rings (SSSR count). The first-order valence-corrected chi connectivity index (χ1v) is 13.9. The lowest BCUT2D eigenvalue weighted by Crippen LogP contribution is -2.29. The molecule has 38 heavy (non-hydrogen) atoms. The van der Waals surface area contributed by atoms with Gasteiger partial charge in [0.1, 0.15) is 18.4 Å². The Morgan fingerprint density at radius 1 is 1.11 bits per heavy atom. The normalized spacial score (nSPS) is 14.6. The van der Waals surface area contributed by atoms with E-state index in [9.17, 15) is 4.79 Å². The van der Waals surface area contributed by atoms with Crippen molar-refractivity contribution in [1.82, 2.24) is 14.8 Å². The molecule has 0 bridgehead atoms. The van der Waals surface area contributed by atoms with Crippen LogP contribution in [0.1, 0.15) is 29.7 Å². The first-order chi connectivity index (χ1) is 18.4. The van der Waals surface area contributed by atoms with Crippen molar-refractivity contribution in [2.24, 2.45) is 0 Å². The number of halogens is 2. The second kappa shape index (κ2) is 11.6. The molecular weight excluding hydrogens is 588 g/mol. The summed E-state index contributed by atoms with van der Waals surface area (Å²) in [5, 5.41) is 9.23. The molecule has 1 aliphatic rings. The first-order valence-electron chi connectivity index (χ1n) is 11.8. The van der Waals surface area contributed by atoms with Gasteiger partial charge in [-0.3, -0.25) is 0 Å². The summed E-state index contributed by atoms with van der Waals surface area (Å²) in [6.45, 7) is 2.29. The van der Waals surface area contributed by atoms with Crippen molar-refractivity contribution in [1.29, 1.82) is 0 Å². The number of benzene rings is 3. The van der Waals surface area contributed by atoms with Crippen LogP contribution in [-0.2, 0) is 21.9 Å². The van der Waals surface area contributed by atoms with Gasteiger partial charge in [-0.05, 0) is 53.9 Å². The lowest BCUT2D eigenvalue weighted by Gasteiger charge is -2.27. The molecule has 0 amide bonds. The molecule has 0 saturated heterocycles. The van der Waals surface area contributed by atoms with E-state index in [4.69, 9.17) is 26.2 Å². The zero-order valence-corrected chi connectivity index (χ0v) is 23.8. The van der Waals surface area contributed by atoms with Crippen molar-refractivity contribution in [2.75, 3.05) is 12.4 Å². The summed E-state index contributed by atoms with van der Waals surface area (Å²) in [5.41, 5.74) is 4.06. The molecule has 0 aliphatic carbocycles. The summed E-state index contributed by atoms with van der Waals surface area (Å²) in [6, 6.07) is 22.8. The highest BCUT2D eigenvalue weighted by molar-refractivity contribution is 9.10. The maximum absolute atomic E-state index is 12.8. The zero-order valence-electron chi connectivity index (χ0n) is 20.7. The maximum Gasteiger partial charge on any atom is 0.338 e. The number of fused-ring (bicyclic) bond motifs is 1. The maximum atomic E-state index is 12.8. The minimum atomic E-state index is -0.513. The number of nitrogens with zero attached hydrogens (tertiary/aromatic N) is 3. The van der Waals surface area contributed by atoms with Crippen LogP contribution in [0.4, 0.5) is 5.95 Å². The van der Waals surface area contributed by atoms with Crippen molar-refractivity contribution in [2.45, 2.75) is 30.5 Å². The molecule has 1 aliphatic heterocycles. The number of thioether (sulfide) groups is 1. The third-order valence-electron chi connectivity index (χ3n) is 6.07. The molecule has 194 valence electrons. The molecular formula is C28H24BrClN4O3S. The van der Waals surface area contributed by atoms with Crippen LogP contribution in [0.15, 0.2) is 93.7 Å². The summed E-state index contributed by atoms with van der Waals surface area (Å²) in [4.78, 5) is 17.5. The van der Waals surface area contributed by atoms with Gasteiger partial charge in [0.05, 0.1) is 12.7 Å². The summed E-state index contributed by atoms with van der Waals surface area (Å²) in [5.74, 6) is 1.47. The van der Waals surface area contributed by atoms with E-state index in [0.717, 1.165) is 26.9 Å². The van der Waals surface area contributed by atoms with Crippen molar-refractivity contribution in [3.05, 3.63) is 110 Å². The van der Waals surface area contributed by atoms with Crippen LogP contribution in [0.2, 0.25) is 5.02 Å². The van der Waals surface area contributed by atoms with Crippen LogP contribution in [0.3, 0.4) is 0 Å². The van der Waals surface area contributed by atoms with Crippen molar-refractivity contribution in [3.63, 3.8) is 0 Å². The van der Waals surface area contributed by atoms with Gasteiger partial charge in [-0.15, -0.1) is 5.10 Å². The highest BCUT2D eigenvalue weighted by atomic mass is 79.9. The predicted octanol–water partition coefficient (Wildman–Crippen LogP) is 7.03. The molecule has 1 atom stereocenters. The fourth-order valence-electron chi connectivity index (χ4n) is 4.13. The van der Waals surface area contributed by atoms with Gasteiger partial charge in [0, 0.05) is 20.9 Å². The van der Waals surface area contributed by atoms with E-state index in [1.54, 1.807) is 4.68 Å². The molecule has 0 fully saturated rings. The van der Waals surface area contributed by atoms with E-state index >= 15 is 0 Å². The highest BCUT2D eigenvalue weighted by Gasteiger charge is 2.35. The van der Waals surface area contributed by atoms with Gasteiger partial charge in [-0.2, -0.15) is 4.98 Å². The van der Waals surface area contributed by atoms with Crippen LogP contribution in [-0.4, -0.2) is 27.8 Å². The topological polar surface area (TPSA) is 78.3 Å². The second-order valence-electron chi connectivity index (χ2n) is 8.58. The zero-order chi connectivity index (χ0) is 26.6. The predicted molar refractivity (Wildman–Crippen MR) is 152 cm³/mol. The Labute approximate surface area is 238 Å². The Morgan fingerprint density at radius 3 is 2.55 bits per heavy atom. The van der Waals surface area contributed by atoms with E-state index in [2.05, 4.69) is 26.2 Å². The van der Waals surface area contributed by atoms with E-state index in [1.807, 2.05) is 79.7 Å². The molecule has 1 N–H and O–H groups in total. The monoisotopic (exact) mass is 610 g/mol. The Bertz CT molecular complexity index is 1490. The SMILES string of the molecule is COC(=O)C1=C(C)Nc2nc(SCc3ccccc3Cl)nn2C1c1ccc(OCc2ccc(Br)cc2)cc1. The number of carbonyl (C=O) groups excluding carboxylic acids is 1. The van der Waals surface area contributed by atoms with Gasteiger partial charge < -0.3 is 14.8 Å². The standard InChI is InChI=1S/C28H24BrClN4O3S/c1-17-24(26(35)36-2)25(19-9-13-22(14-10-19)37-15-18-7-11-21(29)12-8-18)34-27(31-17)32-28(33-34)38-16-20-5-3-4-6-23(20)30/h3-14,25H,15-16H2,1-2H3,(H,31,32,33). The lowest BCUT2D eigenvalue weighted by atomic mass is 9.96. The minimum absolute atomic E-state index is 0.429. The van der Waals surface area contributed by atoms with Crippen molar-refractivity contribution in [3.8, 4) is 5.75 Å². The summed E-state index contributed by atoms with van der Waals surface area (Å²) in [6.07, 6.45) is 0.